The zero-order valence-corrected chi connectivity index (χ0v) is 19.1. The monoisotopic (exact) mass is 443 g/mol. The average Bonchev–Trinajstić information content (AvgIpc) is 3.34. The van der Waals surface area contributed by atoms with Crippen LogP contribution in [0.25, 0.3) is 28.0 Å². The van der Waals surface area contributed by atoms with Crippen LogP contribution in [0.15, 0.2) is 61.2 Å². The van der Waals surface area contributed by atoms with E-state index in [0.717, 1.165) is 33.9 Å². The van der Waals surface area contributed by atoms with E-state index in [2.05, 4.69) is 62.9 Å². The molecule has 0 aliphatic heterocycles. The van der Waals surface area contributed by atoms with Crippen LogP contribution in [0.4, 0.5) is 5.82 Å². The highest BCUT2D eigenvalue weighted by molar-refractivity contribution is 5.86. The van der Waals surface area contributed by atoms with Crippen LogP contribution in [0.2, 0.25) is 0 Å². The van der Waals surface area contributed by atoms with Crippen molar-refractivity contribution in [1.82, 2.24) is 19.5 Å². The standard InChI is InChI=1S/C26H29N5O2/c1-16-22(31-12-10-20-24(27)29-15-30-25(20)31)14-19(23(16)33-26(2,3)32)9-7-17-6-8-18-5-4-11-28-21(18)13-17/h4-13,15-16,19,22-23,32H,14H2,1-3H3,(H2,27,29,30)/b9-7+/t16-,19-,22+,23-/m0/s1. The van der Waals surface area contributed by atoms with Gasteiger partial charge in [-0.15, -0.1) is 0 Å². The number of nitrogens with two attached hydrogens (primary N) is 1. The van der Waals surface area contributed by atoms with E-state index in [1.54, 1.807) is 13.8 Å². The SMILES string of the molecule is C[C@@H]1[C@H](OC(C)(C)O)[C@@H](/C=C/c2ccc3cccnc3c2)C[C@H]1n1ccc2c(N)ncnc21. The van der Waals surface area contributed by atoms with E-state index in [1.807, 2.05) is 24.5 Å². The first-order valence-corrected chi connectivity index (χ1v) is 11.3. The maximum atomic E-state index is 10.4. The first kappa shape index (κ1) is 21.6. The first-order valence-electron chi connectivity index (χ1n) is 11.3. The smallest absolute Gasteiger partial charge is 0.160 e. The fourth-order valence-electron chi connectivity index (χ4n) is 5.00. The molecule has 1 saturated carbocycles. The third kappa shape index (κ3) is 4.21. The van der Waals surface area contributed by atoms with Crippen LogP contribution in [0.5, 0.6) is 0 Å². The Bertz CT molecular complexity index is 1320. The van der Waals surface area contributed by atoms with E-state index in [0.29, 0.717) is 5.82 Å². The zero-order chi connectivity index (χ0) is 23.2. The minimum Gasteiger partial charge on any atom is -0.383 e. The summed E-state index contributed by atoms with van der Waals surface area (Å²) in [4.78, 5) is 13.1. The number of hydrogen-bond acceptors (Lipinski definition) is 6. The fourth-order valence-corrected chi connectivity index (χ4v) is 5.00. The molecule has 4 atom stereocenters. The maximum Gasteiger partial charge on any atom is 0.160 e. The lowest BCUT2D eigenvalue weighted by atomic mass is 9.99. The molecule has 1 aliphatic carbocycles. The molecular formula is C26H29N5O2. The second-order valence-electron chi connectivity index (χ2n) is 9.39. The number of hydrogen-bond donors (Lipinski definition) is 2. The number of rotatable bonds is 5. The molecule has 3 heterocycles. The molecule has 0 bridgehead atoms. The van der Waals surface area contributed by atoms with E-state index in [4.69, 9.17) is 10.5 Å². The average molecular weight is 444 g/mol. The molecular weight excluding hydrogens is 414 g/mol. The Morgan fingerprint density at radius 2 is 2.03 bits per heavy atom. The molecule has 7 nitrogen and oxygen atoms in total. The fraction of sp³-hybridized carbons (Fsp3) is 0.346. The van der Waals surface area contributed by atoms with Crippen LogP contribution in [0.3, 0.4) is 0 Å². The second kappa shape index (κ2) is 8.24. The van der Waals surface area contributed by atoms with Gasteiger partial charge in [0.2, 0.25) is 0 Å². The summed E-state index contributed by atoms with van der Waals surface area (Å²) in [5.74, 6) is -0.475. The summed E-state index contributed by atoms with van der Waals surface area (Å²) in [5.41, 5.74) is 8.94. The highest BCUT2D eigenvalue weighted by Crippen LogP contribution is 2.45. The molecule has 33 heavy (non-hydrogen) atoms. The van der Waals surface area contributed by atoms with Crippen LogP contribution in [0.1, 0.15) is 38.8 Å². The molecule has 1 aromatic carbocycles. The molecule has 3 N–H and O–H groups in total. The van der Waals surface area contributed by atoms with Gasteiger partial charge in [0.1, 0.15) is 17.8 Å². The first-order chi connectivity index (χ1) is 15.8. The molecule has 1 aliphatic rings. The van der Waals surface area contributed by atoms with Crippen LogP contribution < -0.4 is 5.73 Å². The van der Waals surface area contributed by atoms with Crippen molar-refractivity contribution >= 4 is 33.8 Å². The quantitative estimate of drug-likeness (QED) is 0.438. The third-order valence-electron chi connectivity index (χ3n) is 6.55. The van der Waals surface area contributed by atoms with Crippen molar-refractivity contribution in [3.05, 3.63) is 66.8 Å². The molecule has 0 unspecified atom stereocenters. The number of anilines is 1. The third-order valence-corrected chi connectivity index (χ3v) is 6.55. The number of ether oxygens (including phenoxy) is 1. The largest absolute Gasteiger partial charge is 0.383 e. The van der Waals surface area contributed by atoms with Gasteiger partial charge in [0.15, 0.2) is 5.79 Å². The Morgan fingerprint density at radius 3 is 2.85 bits per heavy atom. The van der Waals surface area contributed by atoms with E-state index in [9.17, 15) is 5.11 Å². The van der Waals surface area contributed by atoms with Crippen molar-refractivity contribution in [2.24, 2.45) is 11.8 Å². The molecule has 0 amide bonds. The van der Waals surface area contributed by atoms with Gasteiger partial charge >= 0.3 is 0 Å². The van der Waals surface area contributed by atoms with Crippen molar-refractivity contribution in [3.8, 4) is 0 Å². The number of nitrogen functional groups attached to an aromatic ring is 1. The summed E-state index contributed by atoms with van der Waals surface area (Å²) in [5, 5.41) is 12.4. The molecule has 1 fully saturated rings. The lowest BCUT2D eigenvalue weighted by molar-refractivity contribution is -0.217. The van der Waals surface area contributed by atoms with E-state index in [-0.39, 0.29) is 24.0 Å². The van der Waals surface area contributed by atoms with Gasteiger partial charge in [-0.1, -0.05) is 37.3 Å². The number of benzene rings is 1. The van der Waals surface area contributed by atoms with Crippen LogP contribution in [-0.4, -0.2) is 36.5 Å². The molecule has 0 radical (unpaired) electrons. The number of aliphatic hydroxyl groups is 1. The molecule has 170 valence electrons. The normalized spacial score (nSPS) is 23.8. The van der Waals surface area contributed by atoms with Crippen molar-refractivity contribution in [2.45, 2.75) is 45.1 Å². The predicted octanol–water partition coefficient (Wildman–Crippen LogP) is 4.59. The summed E-state index contributed by atoms with van der Waals surface area (Å²) < 4.78 is 8.34. The summed E-state index contributed by atoms with van der Waals surface area (Å²) >= 11 is 0. The Balaban J connectivity index is 1.47. The van der Waals surface area contributed by atoms with Crippen LogP contribution in [0, 0.1) is 11.8 Å². The van der Waals surface area contributed by atoms with Gasteiger partial charge in [-0.25, -0.2) is 9.97 Å². The van der Waals surface area contributed by atoms with Gasteiger partial charge in [0.05, 0.1) is 17.0 Å². The van der Waals surface area contributed by atoms with E-state index < -0.39 is 5.79 Å². The lowest BCUT2D eigenvalue weighted by Gasteiger charge is -2.30. The summed E-state index contributed by atoms with van der Waals surface area (Å²) in [7, 11) is 0. The van der Waals surface area contributed by atoms with E-state index in [1.165, 1.54) is 6.33 Å². The maximum absolute atomic E-state index is 10.4. The van der Waals surface area contributed by atoms with E-state index >= 15 is 0 Å². The summed E-state index contributed by atoms with van der Waals surface area (Å²) in [6.45, 7) is 5.54. The van der Waals surface area contributed by atoms with Gasteiger partial charge in [-0.2, -0.15) is 0 Å². The Labute approximate surface area is 192 Å². The Hall–Kier alpha value is -3.29. The molecule has 5 rings (SSSR count). The summed E-state index contributed by atoms with van der Waals surface area (Å²) in [6, 6.07) is 12.4. The minimum absolute atomic E-state index is 0.118. The van der Waals surface area contributed by atoms with Crippen molar-refractivity contribution in [3.63, 3.8) is 0 Å². The Kier molecular flexibility index (Phi) is 5.38. The summed E-state index contributed by atoms with van der Waals surface area (Å²) in [6.07, 6.45) is 10.4. The van der Waals surface area contributed by atoms with Crippen molar-refractivity contribution < 1.29 is 9.84 Å². The molecule has 0 saturated heterocycles. The van der Waals surface area contributed by atoms with Gasteiger partial charge in [-0.05, 0) is 44.0 Å². The molecule has 7 heteroatoms. The number of fused-ring (bicyclic) bond motifs is 2. The highest BCUT2D eigenvalue weighted by atomic mass is 16.6. The second-order valence-corrected chi connectivity index (χ2v) is 9.39. The Morgan fingerprint density at radius 1 is 1.18 bits per heavy atom. The van der Waals surface area contributed by atoms with Crippen LogP contribution in [-0.2, 0) is 4.74 Å². The topological polar surface area (TPSA) is 99.1 Å². The molecule has 4 aromatic rings. The predicted molar refractivity (Wildman–Crippen MR) is 130 cm³/mol. The van der Waals surface area contributed by atoms with Gasteiger partial charge in [0.25, 0.3) is 0 Å². The van der Waals surface area contributed by atoms with Crippen LogP contribution >= 0.6 is 0 Å². The highest BCUT2D eigenvalue weighted by Gasteiger charge is 2.43. The van der Waals surface area contributed by atoms with Gasteiger partial charge in [-0.3, -0.25) is 4.98 Å². The van der Waals surface area contributed by atoms with Crippen molar-refractivity contribution in [1.29, 1.82) is 0 Å². The van der Waals surface area contributed by atoms with Crippen molar-refractivity contribution in [2.75, 3.05) is 5.73 Å². The number of aromatic nitrogens is 4. The lowest BCUT2D eigenvalue weighted by Crippen LogP contribution is -2.35. The van der Waals surface area contributed by atoms with Gasteiger partial charge in [0, 0.05) is 35.7 Å². The number of pyridine rings is 1. The minimum atomic E-state index is -1.22. The molecule has 3 aromatic heterocycles. The van der Waals surface area contributed by atoms with Gasteiger partial charge < -0.3 is 20.1 Å². The molecule has 0 spiro atoms. The zero-order valence-electron chi connectivity index (χ0n) is 19.1. The number of nitrogens with zero attached hydrogens (tertiary/aromatic N) is 4.